The molecule has 3 rings (SSSR count). The highest BCUT2D eigenvalue weighted by atomic mass is 15.2. The van der Waals surface area contributed by atoms with Gasteiger partial charge in [0.15, 0.2) is 0 Å². The maximum absolute atomic E-state index is 2.40. The van der Waals surface area contributed by atoms with Crippen molar-refractivity contribution in [3.8, 4) is 0 Å². The van der Waals surface area contributed by atoms with Gasteiger partial charge in [-0.15, -0.1) is 0 Å². The molecule has 2 unspecified atom stereocenters. The van der Waals surface area contributed by atoms with E-state index in [0.29, 0.717) is 10.8 Å². The van der Waals surface area contributed by atoms with E-state index < -0.39 is 0 Å². The molecule has 0 N–H and O–H groups in total. The van der Waals surface area contributed by atoms with Gasteiger partial charge in [-0.25, -0.2) is 9.13 Å². The van der Waals surface area contributed by atoms with Crippen molar-refractivity contribution in [3.63, 3.8) is 0 Å². The van der Waals surface area contributed by atoms with E-state index in [0.717, 1.165) is 12.1 Å². The third-order valence-electron chi connectivity index (χ3n) is 4.32. The first-order valence-electron chi connectivity index (χ1n) is 5.98. The fourth-order valence-electron chi connectivity index (χ4n) is 2.65. The minimum Gasteiger partial charge on any atom is -0.234 e. The van der Waals surface area contributed by atoms with Crippen LogP contribution in [0.25, 0.3) is 0 Å². The summed E-state index contributed by atoms with van der Waals surface area (Å²) in [6.45, 7) is 9.40. The van der Waals surface area contributed by atoms with Crippen LogP contribution in [0.3, 0.4) is 0 Å². The molecule has 0 aromatic carbocycles. The topological polar surface area (TPSA) is 8.81 Å². The molecule has 15 heavy (non-hydrogen) atoms. The van der Waals surface area contributed by atoms with Crippen molar-refractivity contribution in [2.45, 2.75) is 52.6 Å². The zero-order chi connectivity index (χ0) is 10.8. The molecular formula is C13H21N2+. The lowest BCUT2D eigenvalue weighted by molar-refractivity contribution is -0.705. The Labute approximate surface area is 91.9 Å². The molecule has 1 heterocycles. The van der Waals surface area contributed by atoms with Gasteiger partial charge in [-0.3, -0.25) is 0 Å². The SMILES string of the molecule is CC1(C)CC1n1cc[n+](C2CC2(C)C)c1. The van der Waals surface area contributed by atoms with E-state index in [4.69, 9.17) is 0 Å². The maximum atomic E-state index is 2.40. The zero-order valence-corrected chi connectivity index (χ0v) is 10.2. The molecule has 82 valence electrons. The first-order valence-corrected chi connectivity index (χ1v) is 5.98. The number of imidazole rings is 1. The van der Waals surface area contributed by atoms with Gasteiger partial charge in [-0.2, -0.15) is 0 Å². The summed E-state index contributed by atoms with van der Waals surface area (Å²) in [5.41, 5.74) is 1.05. The van der Waals surface area contributed by atoms with Crippen LogP contribution in [0.2, 0.25) is 0 Å². The van der Waals surface area contributed by atoms with Gasteiger partial charge in [0.2, 0.25) is 6.33 Å². The number of hydrogen-bond donors (Lipinski definition) is 0. The summed E-state index contributed by atoms with van der Waals surface area (Å²) in [5.74, 6) is 0. The van der Waals surface area contributed by atoms with Crippen LogP contribution in [0.1, 0.15) is 52.6 Å². The second kappa shape index (κ2) is 2.47. The quantitative estimate of drug-likeness (QED) is 0.656. The summed E-state index contributed by atoms with van der Waals surface area (Å²) in [6, 6.07) is 1.47. The highest BCUT2D eigenvalue weighted by Crippen LogP contribution is 2.56. The molecule has 0 aliphatic heterocycles. The van der Waals surface area contributed by atoms with Crippen molar-refractivity contribution >= 4 is 0 Å². The third-order valence-corrected chi connectivity index (χ3v) is 4.32. The Bertz CT molecular complexity index is 364. The molecule has 0 bridgehead atoms. The average molecular weight is 205 g/mol. The van der Waals surface area contributed by atoms with Crippen LogP contribution in [0.4, 0.5) is 0 Å². The molecule has 2 atom stereocenters. The smallest absolute Gasteiger partial charge is 0.234 e. The Morgan fingerprint density at radius 1 is 1.13 bits per heavy atom. The largest absolute Gasteiger partial charge is 0.244 e. The highest BCUT2D eigenvalue weighted by molar-refractivity contribution is 5.01. The Hall–Kier alpha value is -0.790. The summed E-state index contributed by atoms with van der Waals surface area (Å²) in [4.78, 5) is 0. The van der Waals surface area contributed by atoms with Crippen molar-refractivity contribution in [3.05, 3.63) is 18.7 Å². The lowest BCUT2D eigenvalue weighted by atomic mass is 10.2. The van der Waals surface area contributed by atoms with Crippen molar-refractivity contribution < 1.29 is 4.57 Å². The van der Waals surface area contributed by atoms with Crippen LogP contribution in [-0.2, 0) is 0 Å². The van der Waals surface area contributed by atoms with Crippen LogP contribution in [0, 0.1) is 10.8 Å². The Morgan fingerprint density at radius 2 is 1.73 bits per heavy atom. The molecule has 0 amide bonds. The molecule has 0 saturated heterocycles. The monoisotopic (exact) mass is 205 g/mol. The highest BCUT2D eigenvalue weighted by Gasteiger charge is 2.53. The van der Waals surface area contributed by atoms with E-state index in [-0.39, 0.29) is 0 Å². The number of nitrogens with zero attached hydrogens (tertiary/aromatic N) is 2. The normalized spacial score (nSPS) is 35.2. The second-order valence-electron chi connectivity index (χ2n) is 6.73. The van der Waals surface area contributed by atoms with E-state index in [1.807, 2.05) is 0 Å². The summed E-state index contributed by atoms with van der Waals surface area (Å²) < 4.78 is 4.79. The van der Waals surface area contributed by atoms with Gasteiger partial charge in [0.05, 0.1) is 0 Å². The van der Waals surface area contributed by atoms with E-state index in [9.17, 15) is 0 Å². The van der Waals surface area contributed by atoms with Crippen LogP contribution < -0.4 is 4.57 Å². The van der Waals surface area contributed by atoms with Crippen molar-refractivity contribution in [2.24, 2.45) is 10.8 Å². The third kappa shape index (κ3) is 1.42. The fourth-order valence-corrected chi connectivity index (χ4v) is 2.65. The van der Waals surface area contributed by atoms with Gasteiger partial charge in [0, 0.05) is 10.8 Å². The molecule has 1 aromatic rings. The fraction of sp³-hybridized carbons (Fsp3) is 0.769. The predicted molar refractivity (Wildman–Crippen MR) is 59.5 cm³/mol. The molecule has 0 radical (unpaired) electrons. The van der Waals surface area contributed by atoms with E-state index >= 15 is 0 Å². The minimum absolute atomic E-state index is 0.524. The van der Waals surface area contributed by atoms with E-state index in [2.05, 4.69) is 55.6 Å². The summed E-state index contributed by atoms with van der Waals surface area (Å²) in [5, 5.41) is 0. The molecule has 2 saturated carbocycles. The van der Waals surface area contributed by atoms with Crippen molar-refractivity contribution in [1.82, 2.24) is 4.57 Å². The average Bonchev–Trinajstić information content (AvgIpc) is 2.87. The molecule has 2 fully saturated rings. The van der Waals surface area contributed by atoms with Gasteiger partial charge in [-0.05, 0) is 12.8 Å². The minimum atomic E-state index is 0.524. The van der Waals surface area contributed by atoms with Gasteiger partial charge in [-0.1, -0.05) is 27.7 Å². The number of aromatic nitrogens is 2. The first-order chi connectivity index (χ1) is 6.90. The standard InChI is InChI=1S/C13H21N2/c1-12(2)7-10(12)14-5-6-15(9-14)11-8-13(11,3)4/h5-6,9-11H,7-8H2,1-4H3/q+1. The Kier molecular flexibility index (Phi) is 1.56. The van der Waals surface area contributed by atoms with Crippen molar-refractivity contribution in [2.75, 3.05) is 0 Å². The molecule has 2 aliphatic carbocycles. The van der Waals surface area contributed by atoms with Crippen molar-refractivity contribution in [1.29, 1.82) is 0 Å². The molecule has 0 spiro atoms. The summed E-state index contributed by atoms with van der Waals surface area (Å²) >= 11 is 0. The number of hydrogen-bond acceptors (Lipinski definition) is 0. The summed E-state index contributed by atoms with van der Waals surface area (Å²) in [7, 11) is 0. The Balaban J connectivity index is 1.78. The van der Waals surface area contributed by atoms with Gasteiger partial charge < -0.3 is 0 Å². The number of rotatable bonds is 2. The van der Waals surface area contributed by atoms with E-state index in [1.54, 1.807) is 0 Å². The van der Waals surface area contributed by atoms with Crippen LogP contribution in [0.15, 0.2) is 18.7 Å². The van der Waals surface area contributed by atoms with Crippen LogP contribution in [-0.4, -0.2) is 4.57 Å². The molecular weight excluding hydrogens is 184 g/mol. The van der Waals surface area contributed by atoms with Crippen LogP contribution >= 0.6 is 0 Å². The maximum Gasteiger partial charge on any atom is 0.244 e. The summed E-state index contributed by atoms with van der Waals surface area (Å²) in [6.07, 6.45) is 9.45. The van der Waals surface area contributed by atoms with Gasteiger partial charge >= 0.3 is 0 Å². The second-order valence-corrected chi connectivity index (χ2v) is 6.73. The predicted octanol–water partition coefficient (Wildman–Crippen LogP) is 2.72. The lowest BCUT2D eigenvalue weighted by Gasteiger charge is -1.99. The molecule has 2 heteroatoms. The molecule has 2 aliphatic rings. The molecule has 1 aromatic heterocycles. The van der Waals surface area contributed by atoms with Crippen LogP contribution in [0.5, 0.6) is 0 Å². The zero-order valence-electron chi connectivity index (χ0n) is 10.2. The Morgan fingerprint density at radius 3 is 2.20 bits per heavy atom. The first kappa shape index (κ1) is 9.44. The van der Waals surface area contributed by atoms with Gasteiger partial charge in [0.1, 0.15) is 24.5 Å². The molecule has 2 nitrogen and oxygen atoms in total. The van der Waals surface area contributed by atoms with Gasteiger partial charge in [0.25, 0.3) is 0 Å². The lowest BCUT2D eigenvalue weighted by Crippen LogP contribution is -2.31. The van der Waals surface area contributed by atoms with E-state index in [1.165, 1.54) is 12.8 Å².